The van der Waals surface area contributed by atoms with Crippen molar-refractivity contribution in [3.63, 3.8) is 0 Å². The van der Waals surface area contributed by atoms with Gasteiger partial charge in [-0.3, -0.25) is 4.79 Å². The van der Waals surface area contributed by atoms with Crippen LogP contribution in [0.1, 0.15) is 23.2 Å². The molecule has 0 bridgehead atoms. The summed E-state index contributed by atoms with van der Waals surface area (Å²) in [6, 6.07) is 7.10. The molecule has 0 spiro atoms. The van der Waals surface area contributed by atoms with E-state index in [0.717, 1.165) is 25.1 Å². The van der Waals surface area contributed by atoms with Crippen LogP contribution >= 0.6 is 12.4 Å². The molecule has 1 saturated heterocycles. The number of hydrogen-bond donors (Lipinski definition) is 2. The molecule has 21 heavy (non-hydrogen) atoms. The maximum absolute atomic E-state index is 12.1. The zero-order valence-corrected chi connectivity index (χ0v) is 13.3. The molecule has 1 fully saturated rings. The van der Waals surface area contributed by atoms with Crippen molar-refractivity contribution >= 4 is 18.3 Å². The Bertz CT molecular complexity index is 445. The number of amides is 1. The third-order valence-corrected chi connectivity index (χ3v) is 3.69. The van der Waals surface area contributed by atoms with E-state index in [2.05, 4.69) is 10.6 Å². The van der Waals surface area contributed by atoms with Crippen LogP contribution in [0.2, 0.25) is 0 Å². The normalized spacial score (nSPS) is 20.7. The van der Waals surface area contributed by atoms with Gasteiger partial charge in [-0.25, -0.2) is 0 Å². The van der Waals surface area contributed by atoms with Crippen molar-refractivity contribution in [2.24, 2.45) is 0 Å². The molecule has 1 aliphatic heterocycles. The average molecular weight is 315 g/mol. The monoisotopic (exact) mass is 314 g/mol. The Balaban J connectivity index is 0.00000220. The quantitative estimate of drug-likeness (QED) is 0.837. The summed E-state index contributed by atoms with van der Waals surface area (Å²) in [5.41, 5.74) is 0.507. The Morgan fingerprint density at radius 1 is 1.33 bits per heavy atom. The van der Waals surface area contributed by atoms with Gasteiger partial charge in [-0.15, -0.1) is 12.4 Å². The number of halogens is 1. The third-order valence-electron chi connectivity index (χ3n) is 3.69. The van der Waals surface area contributed by atoms with Gasteiger partial charge >= 0.3 is 0 Å². The molecule has 1 aliphatic rings. The van der Waals surface area contributed by atoms with Gasteiger partial charge in [0.25, 0.3) is 5.91 Å². The van der Waals surface area contributed by atoms with Crippen molar-refractivity contribution in [2.45, 2.75) is 18.4 Å². The fourth-order valence-electron chi connectivity index (χ4n) is 2.56. The molecule has 1 amide bonds. The van der Waals surface area contributed by atoms with Gasteiger partial charge in [0, 0.05) is 19.2 Å². The molecule has 0 radical (unpaired) electrons. The van der Waals surface area contributed by atoms with Gasteiger partial charge in [0.1, 0.15) is 5.75 Å². The molecule has 1 unspecified atom stereocenters. The lowest BCUT2D eigenvalue weighted by atomic mass is 9.98. The van der Waals surface area contributed by atoms with E-state index in [1.165, 1.54) is 0 Å². The number of rotatable bonds is 6. The van der Waals surface area contributed by atoms with E-state index in [9.17, 15) is 4.79 Å². The van der Waals surface area contributed by atoms with Crippen molar-refractivity contribution in [3.8, 4) is 5.75 Å². The third kappa shape index (κ3) is 4.59. The molecular formula is C15H23ClN2O3. The Morgan fingerprint density at radius 2 is 2.05 bits per heavy atom. The van der Waals surface area contributed by atoms with Crippen LogP contribution in [0.5, 0.6) is 5.75 Å². The number of carbonyl (C=O) groups is 1. The molecule has 1 heterocycles. The topological polar surface area (TPSA) is 59.6 Å². The van der Waals surface area contributed by atoms with Gasteiger partial charge in [-0.2, -0.15) is 0 Å². The largest absolute Gasteiger partial charge is 0.497 e. The molecule has 1 aromatic carbocycles. The summed E-state index contributed by atoms with van der Waals surface area (Å²) in [6.45, 7) is 2.16. The fraction of sp³-hybridized carbons (Fsp3) is 0.533. The van der Waals surface area contributed by atoms with E-state index in [-0.39, 0.29) is 23.9 Å². The van der Waals surface area contributed by atoms with E-state index in [0.29, 0.717) is 18.7 Å². The van der Waals surface area contributed by atoms with Gasteiger partial charge in [0.2, 0.25) is 0 Å². The highest BCUT2D eigenvalue weighted by molar-refractivity contribution is 5.94. The lowest BCUT2D eigenvalue weighted by Gasteiger charge is -2.28. The molecule has 6 heteroatoms. The molecule has 2 rings (SSSR count). The van der Waals surface area contributed by atoms with Crippen molar-refractivity contribution in [3.05, 3.63) is 29.8 Å². The molecule has 0 aromatic heterocycles. The van der Waals surface area contributed by atoms with Gasteiger partial charge in [0.05, 0.1) is 19.3 Å². The highest BCUT2D eigenvalue weighted by Gasteiger charge is 2.33. The van der Waals surface area contributed by atoms with Crippen LogP contribution in [0.15, 0.2) is 24.3 Å². The van der Waals surface area contributed by atoms with Crippen LogP contribution in [-0.4, -0.2) is 45.4 Å². The second-order valence-electron chi connectivity index (χ2n) is 5.15. The van der Waals surface area contributed by atoms with Crippen LogP contribution < -0.4 is 15.4 Å². The Kier molecular flexibility index (Phi) is 6.95. The van der Waals surface area contributed by atoms with Gasteiger partial charge in [-0.05, 0) is 43.7 Å². The standard InChI is InChI=1S/C15H22N2O3.ClH/c1-19-11-15(8-3-9-17-15)10-16-14(18)12-4-6-13(20-2)7-5-12;/h4-7,17H,3,8-11H2,1-2H3,(H,16,18);1H. The van der Waals surface area contributed by atoms with E-state index < -0.39 is 0 Å². The summed E-state index contributed by atoms with van der Waals surface area (Å²) < 4.78 is 10.3. The first kappa shape index (κ1) is 17.8. The molecule has 2 N–H and O–H groups in total. The molecule has 0 saturated carbocycles. The zero-order valence-electron chi connectivity index (χ0n) is 12.5. The number of ether oxygens (including phenoxy) is 2. The van der Waals surface area contributed by atoms with Crippen LogP contribution in [-0.2, 0) is 4.74 Å². The van der Waals surface area contributed by atoms with Crippen molar-refractivity contribution < 1.29 is 14.3 Å². The summed E-state index contributed by atoms with van der Waals surface area (Å²) in [7, 11) is 3.29. The first-order chi connectivity index (χ1) is 9.69. The summed E-state index contributed by atoms with van der Waals surface area (Å²) in [5, 5.41) is 6.42. The number of hydrogen-bond acceptors (Lipinski definition) is 4. The number of carbonyl (C=O) groups excluding carboxylic acids is 1. The summed E-state index contributed by atoms with van der Waals surface area (Å²) in [4.78, 5) is 12.1. The SMILES string of the molecule is COCC1(CNC(=O)c2ccc(OC)cc2)CCCN1.Cl. The first-order valence-electron chi connectivity index (χ1n) is 6.85. The minimum absolute atomic E-state index is 0. The minimum atomic E-state index is -0.128. The second kappa shape index (κ2) is 8.22. The van der Waals surface area contributed by atoms with Gasteiger partial charge in [-0.1, -0.05) is 0 Å². The lowest BCUT2D eigenvalue weighted by molar-refractivity contribution is 0.0892. The highest BCUT2D eigenvalue weighted by Crippen LogP contribution is 2.19. The Morgan fingerprint density at radius 3 is 2.57 bits per heavy atom. The summed E-state index contributed by atoms with van der Waals surface area (Å²) in [5.74, 6) is 0.673. The van der Waals surface area contributed by atoms with Crippen molar-refractivity contribution in [2.75, 3.05) is 33.9 Å². The highest BCUT2D eigenvalue weighted by atomic mass is 35.5. The maximum atomic E-state index is 12.1. The van der Waals surface area contributed by atoms with E-state index in [1.807, 2.05) is 0 Å². The van der Waals surface area contributed by atoms with Crippen molar-refractivity contribution in [1.82, 2.24) is 10.6 Å². The predicted molar refractivity (Wildman–Crippen MR) is 84.4 cm³/mol. The zero-order chi connectivity index (χ0) is 14.4. The number of benzene rings is 1. The Hall–Kier alpha value is -1.30. The summed E-state index contributed by atoms with van der Waals surface area (Å²) >= 11 is 0. The molecule has 1 atom stereocenters. The number of nitrogens with one attached hydrogen (secondary N) is 2. The fourth-order valence-corrected chi connectivity index (χ4v) is 2.56. The van der Waals surface area contributed by atoms with Crippen LogP contribution in [0.25, 0.3) is 0 Å². The lowest BCUT2D eigenvalue weighted by Crippen LogP contribution is -2.52. The molecule has 5 nitrogen and oxygen atoms in total. The molecule has 0 aliphatic carbocycles. The first-order valence-corrected chi connectivity index (χ1v) is 6.85. The van der Waals surface area contributed by atoms with Crippen LogP contribution in [0.3, 0.4) is 0 Å². The summed E-state index contributed by atoms with van der Waals surface area (Å²) in [6.07, 6.45) is 2.13. The van der Waals surface area contributed by atoms with Crippen LogP contribution in [0.4, 0.5) is 0 Å². The van der Waals surface area contributed by atoms with Gasteiger partial charge < -0.3 is 20.1 Å². The predicted octanol–water partition coefficient (Wildman–Crippen LogP) is 1.62. The van der Waals surface area contributed by atoms with E-state index in [4.69, 9.17) is 9.47 Å². The van der Waals surface area contributed by atoms with Gasteiger partial charge in [0.15, 0.2) is 0 Å². The van der Waals surface area contributed by atoms with Crippen molar-refractivity contribution in [1.29, 1.82) is 0 Å². The second-order valence-corrected chi connectivity index (χ2v) is 5.15. The average Bonchev–Trinajstić information content (AvgIpc) is 2.94. The van der Waals surface area contributed by atoms with E-state index in [1.54, 1.807) is 38.5 Å². The minimum Gasteiger partial charge on any atom is -0.497 e. The smallest absolute Gasteiger partial charge is 0.251 e. The molecule has 1 aromatic rings. The number of methoxy groups -OCH3 is 2. The molecule has 118 valence electrons. The maximum Gasteiger partial charge on any atom is 0.251 e. The van der Waals surface area contributed by atoms with Crippen LogP contribution in [0, 0.1) is 0 Å². The molecular weight excluding hydrogens is 292 g/mol. The Labute approximate surface area is 131 Å². The van der Waals surface area contributed by atoms with E-state index >= 15 is 0 Å².